The van der Waals surface area contributed by atoms with E-state index in [9.17, 15) is 14.4 Å². The zero-order chi connectivity index (χ0) is 12.0. The molecule has 1 unspecified atom stereocenters. The van der Waals surface area contributed by atoms with Crippen LogP contribution >= 0.6 is 0 Å². The lowest BCUT2D eigenvalue weighted by Crippen LogP contribution is -2.26. The summed E-state index contributed by atoms with van der Waals surface area (Å²) < 4.78 is 9.45. The van der Waals surface area contributed by atoms with Gasteiger partial charge in [0.15, 0.2) is 0 Å². The summed E-state index contributed by atoms with van der Waals surface area (Å²) in [5.41, 5.74) is 0. The molecule has 0 aliphatic carbocycles. The number of hydrogen-bond donors (Lipinski definition) is 0. The number of cyclic esters (lactones) is 1. The number of ether oxygens (including phenoxy) is 2. The monoisotopic (exact) mass is 228 g/mol. The van der Waals surface area contributed by atoms with Crippen LogP contribution in [0.5, 0.6) is 0 Å². The van der Waals surface area contributed by atoms with E-state index in [-0.39, 0.29) is 37.1 Å². The molecule has 0 aromatic carbocycles. The van der Waals surface area contributed by atoms with Gasteiger partial charge in [-0.25, -0.2) is 0 Å². The number of carbonyl (C=O) groups excluding carboxylic acids is 3. The van der Waals surface area contributed by atoms with Crippen molar-refractivity contribution in [3.8, 4) is 0 Å². The summed E-state index contributed by atoms with van der Waals surface area (Å²) in [6, 6.07) is 0. The third kappa shape index (κ3) is 4.42. The van der Waals surface area contributed by atoms with Gasteiger partial charge in [0.25, 0.3) is 0 Å². The molecule has 0 amide bonds. The summed E-state index contributed by atoms with van der Waals surface area (Å²) in [5, 5.41) is 0. The van der Waals surface area contributed by atoms with Gasteiger partial charge in [0.2, 0.25) is 0 Å². The maximum atomic E-state index is 11.4. The normalized spacial score (nSPS) is 20.1. The molecular weight excluding hydrogens is 212 g/mol. The highest BCUT2D eigenvalue weighted by Gasteiger charge is 2.22. The average molecular weight is 228 g/mol. The first kappa shape index (κ1) is 12.7. The third-order valence-corrected chi connectivity index (χ3v) is 2.50. The molecule has 0 bridgehead atoms. The minimum Gasteiger partial charge on any atom is -0.469 e. The second kappa shape index (κ2) is 6.25. The standard InChI is InChI=1S/C11H16O5/c1-15-10(13)6-5-8(12)7-9-3-2-4-11(14)16-9/h9H,2-7H2,1H3. The van der Waals surface area contributed by atoms with Crippen LogP contribution in [-0.4, -0.2) is 30.9 Å². The third-order valence-electron chi connectivity index (χ3n) is 2.50. The molecule has 1 rings (SSSR count). The van der Waals surface area contributed by atoms with Crippen LogP contribution in [-0.2, 0) is 23.9 Å². The Bertz CT molecular complexity index is 284. The Hall–Kier alpha value is -1.39. The van der Waals surface area contributed by atoms with E-state index in [1.54, 1.807) is 0 Å². The highest BCUT2D eigenvalue weighted by molar-refractivity contribution is 5.83. The second-order valence-corrected chi connectivity index (χ2v) is 3.82. The number of rotatable bonds is 5. The smallest absolute Gasteiger partial charge is 0.306 e. The molecule has 1 saturated heterocycles. The summed E-state index contributed by atoms with van der Waals surface area (Å²) in [6.07, 6.45) is 2.10. The van der Waals surface area contributed by atoms with Crippen molar-refractivity contribution >= 4 is 17.7 Å². The van der Waals surface area contributed by atoms with Crippen LogP contribution in [0, 0.1) is 0 Å². The van der Waals surface area contributed by atoms with Crippen molar-refractivity contribution in [3.63, 3.8) is 0 Å². The van der Waals surface area contributed by atoms with Crippen LogP contribution in [0.4, 0.5) is 0 Å². The van der Waals surface area contributed by atoms with E-state index in [1.807, 2.05) is 0 Å². The molecule has 5 nitrogen and oxygen atoms in total. The van der Waals surface area contributed by atoms with Gasteiger partial charge in [-0.1, -0.05) is 0 Å². The summed E-state index contributed by atoms with van der Waals surface area (Å²) in [7, 11) is 1.29. The molecule has 0 spiro atoms. The number of ketones is 1. The Morgan fingerprint density at radius 3 is 2.81 bits per heavy atom. The quantitative estimate of drug-likeness (QED) is 0.656. The maximum Gasteiger partial charge on any atom is 0.306 e. The lowest BCUT2D eigenvalue weighted by atomic mass is 10.0. The zero-order valence-electron chi connectivity index (χ0n) is 9.36. The molecule has 16 heavy (non-hydrogen) atoms. The van der Waals surface area contributed by atoms with Gasteiger partial charge in [-0.15, -0.1) is 0 Å². The lowest BCUT2D eigenvalue weighted by molar-refractivity contribution is -0.155. The van der Waals surface area contributed by atoms with Crippen LogP contribution in [0.3, 0.4) is 0 Å². The number of esters is 2. The van der Waals surface area contributed by atoms with E-state index in [2.05, 4.69) is 4.74 Å². The van der Waals surface area contributed by atoms with Gasteiger partial charge >= 0.3 is 11.9 Å². The topological polar surface area (TPSA) is 69.7 Å². The minimum absolute atomic E-state index is 0.0647. The molecule has 1 fully saturated rings. The van der Waals surface area contributed by atoms with Crippen LogP contribution in [0.1, 0.15) is 38.5 Å². The van der Waals surface area contributed by atoms with E-state index in [0.29, 0.717) is 6.42 Å². The first-order chi connectivity index (χ1) is 7.61. The molecule has 5 heteroatoms. The summed E-state index contributed by atoms with van der Waals surface area (Å²) in [5.74, 6) is -0.698. The Kier molecular flexibility index (Phi) is 4.95. The van der Waals surface area contributed by atoms with Crippen molar-refractivity contribution in [3.05, 3.63) is 0 Å². The summed E-state index contributed by atoms with van der Waals surface area (Å²) in [4.78, 5) is 33.2. The van der Waals surface area contributed by atoms with Gasteiger partial charge in [-0.05, 0) is 12.8 Å². The number of Topliss-reactive ketones (excluding diaryl/α,β-unsaturated/α-hetero) is 1. The molecular formula is C11H16O5. The predicted molar refractivity (Wildman–Crippen MR) is 54.6 cm³/mol. The number of methoxy groups -OCH3 is 1. The van der Waals surface area contributed by atoms with Crippen LogP contribution < -0.4 is 0 Å². The van der Waals surface area contributed by atoms with Crippen LogP contribution in [0.2, 0.25) is 0 Å². The second-order valence-electron chi connectivity index (χ2n) is 3.82. The van der Waals surface area contributed by atoms with Gasteiger partial charge in [0.1, 0.15) is 11.9 Å². The first-order valence-corrected chi connectivity index (χ1v) is 5.40. The number of carbonyl (C=O) groups is 3. The molecule has 0 aromatic heterocycles. The first-order valence-electron chi connectivity index (χ1n) is 5.40. The highest BCUT2D eigenvalue weighted by Crippen LogP contribution is 2.17. The molecule has 0 radical (unpaired) electrons. The van der Waals surface area contributed by atoms with E-state index < -0.39 is 5.97 Å². The average Bonchev–Trinajstić information content (AvgIpc) is 2.26. The fourth-order valence-electron chi connectivity index (χ4n) is 1.62. The lowest BCUT2D eigenvalue weighted by Gasteiger charge is -2.21. The van der Waals surface area contributed by atoms with Gasteiger partial charge < -0.3 is 9.47 Å². The van der Waals surface area contributed by atoms with Crippen molar-refractivity contribution in [1.29, 1.82) is 0 Å². The Labute approximate surface area is 94.1 Å². The van der Waals surface area contributed by atoms with Crippen molar-refractivity contribution in [1.82, 2.24) is 0 Å². The Balaban J connectivity index is 2.23. The van der Waals surface area contributed by atoms with Gasteiger partial charge in [-0.2, -0.15) is 0 Å². The molecule has 1 heterocycles. The summed E-state index contributed by atoms with van der Waals surface area (Å²) in [6.45, 7) is 0. The molecule has 1 aliphatic rings. The van der Waals surface area contributed by atoms with Gasteiger partial charge in [-0.3, -0.25) is 14.4 Å². The fourth-order valence-corrected chi connectivity index (χ4v) is 1.62. The van der Waals surface area contributed by atoms with Crippen LogP contribution in [0.25, 0.3) is 0 Å². The van der Waals surface area contributed by atoms with E-state index in [1.165, 1.54) is 7.11 Å². The maximum absolute atomic E-state index is 11.4. The molecule has 0 aromatic rings. The zero-order valence-corrected chi connectivity index (χ0v) is 9.36. The SMILES string of the molecule is COC(=O)CCC(=O)CC1CCCC(=O)O1. The fraction of sp³-hybridized carbons (Fsp3) is 0.727. The minimum atomic E-state index is -0.394. The van der Waals surface area contributed by atoms with E-state index in [0.717, 1.165) is 12.8 Å². The van der Waals surface area contributed by atoms with Crippen LogP contribution in [0.15, 0.2) is 0 Å². The Morgan fingerprint density at radius 2 is 2.19 bits per heavy atom. The summed E-state index contributed by atoms with van der Waals surface area (Å²) >= 11 is 0. The molecule has 1 atom stereocenters. The van der Waals surface area contributed by atoms with Crippen molar-refractivity contribution in [2.75, 3.05) is 7.11 Å². The molecule has 90 valence electrons. The highest BCUT2D eigenvalue weighted by atomic mass is 16.5. The van der Waals surface area contributed by atoms with Gasteiger partial charge in [0, 0.05) is 19.3 Å². The van der Waals surface area contributed by atoms with Crippen molar-refractivity contribution in [2.45, 2.75) is 44.6 Å². The van der Waals surface area contributed by atoms with Crippen molar-refractivity contribution in [2.24, 2.45) is 0 Å². The van der Waals surface area contributed by atoms with Crippen molar-refractivity contribution < 1.29 is 23.9 Å². The predicted octanol–water partition coefficient (Wildman–Crippen LogP) is 0.994. The van der Waals surface area contributed by atoms with Gasteiger partial charge in [0.05, 0.1) is 13.5 Å². The molecule has 0 saturated carbocycles. The Morgan fingerprint density at radius 1 is 1.44 bits per heavy atom. The van der Waals surface area contributed by atoms with E-state index in [4.69, 9.17) is 4.74 Å². The number of hydrogen-bond acceptors (Lipinski definition) is 5. The molecule has 1 aliphatic heterocycles. The largest absolute Gasteiger partial charge is 0.469 e. The molecule has 0 N–H and O–H groups in total. The van der Waals surface area contributed by atoms with E-state index >= 15 is 0 Å².